The number of fused-ring (bicyclic) bond motifs is 1. The maximum absolute atomic E-state index is 12.6. The van der Waals surface area contributed by atoms with Crippen molar-refractivity contribution in [2.24, 2.45) is 5.92 Å². The van der Waals surface area contributed by atoms with Gasteiger partial charge in [0.1, 0.15) is 6.04 Å². The van der Waals surface area contributed by atoms with E-state index < -0.39 is 0 Å². The lowest BCUT2D eigenvalue weighted by Crippen LogP contribution is -2.43. The van der Waals surface area contributed by atoms with Crippen LogP contribution in [-0.2, 0) is 11.2 Å². The normalized spacial score (nSPS) is 20.8. The Kier molecular flexibility index (Phi) is 3.45. The molecule has 2 aliphatic rings. The molecule has 3 heteroatoms. The van der Waals surface area contributed by atoms with E-state index in [0.29, 0.717) is 0 Å². The van der Waals surface area contributed by atoms with E-state index in [-0.39, 0.29) is 11.9 Å². The molecule has 19 heavy (non-hydrogen) atoms. The molecular formula is C16H22N2O. The lowest BCUT2D eigenvalue weighted by Gasteiger charge is -2.25. The second-order valence-corrected chi connectivity index (χ2v) is 5.79. The number of hydrogen-bond donors (Lipinski definition) is 1. The number of nitrogens with one attached hydrogen (secondary N) is 1. The van der Waals surface area contributed by atoms with Crippen LogP contribution in [0.15, 0.2) is 24.3 Å². The highest BCUT2D eigenvalue weighted by atomic mass is 16.2. The Hall–Kier alpha value is -1.51. The van der Waals surface area contributed by atoms with Gasteiger partial charge in [-0.25, -0.2) is 0 Å². The second kappa shape index (κ2) is 5.24. The van der Waals surface area contributed by atoms with Crippen molar-refractivity contribution in [2.75, 3.05) is 18.4 Å². The van der Waals surface area contributed by atoms with E-state index in [4.69, 9.17) is 0 Å². The van der Waals surface area contributed by atoms with Crippen LogP contribution in [-0.4, -0.2) is 29.9 Å². The molecule has 3 rings (SSSR count). The highest BCUT2D eigenvalue weighted by Crippen LogP contribution is 2.31. The number of benzene rings is 1. The van der Waals surface area contributed by atoms with Crippen LogP contribution in [0.3, 0.4) is 0 Å². The van der Waals surface area contributed by atoms with E-state index in [9.17, 15) is 4.79 Å². The zero-order valence-electron chi connectivity index (χ0n) is 11.6. The van der Waals surface area contributed by atoms with Gasteiger partial charge in [-0.2, -0.15) is 0 Å². The van der Waals surface area contributed by atoms with E-state index in [1.807, 2.05) is 12.1 Å². The molecule has 0 saturated heterocycles. The van der Waals surface area contributed by atoms with Crippen molar-refractivity contribution in [1.29, 1.82) is 0 Å². The van der Waals surface area contributed by atoms with Crippen LogP contribution >= 0.6 is 0 Å². The van der Waals surface area contributed by atoms with E-state index in [1.54, 1.807) is 0 Å². The molecule has 1 amide bonds. The van der Waals surface area contributed by atoms with Crippen LogP contribution in [0.5, 0.6) is 0 Å². The smallest absolute Gasteiger partial charge is 0.245 e. The molecule has 0 spiro atoms. The van der Waals surface area contributed by atoms with Gasteiger partial charge in [0.05, 0.1) is 0 Å². The average molecular weight is 258 g/mol. The summed E-state index contributed by atoms with van der Waals surface area (Å²) >= 11 is 0. The van der Waals surface area contributed by atoms with Gasteiger partial charge in [-0.05, 0) is 36.8 Å². The van der Waals surface area contributed by atoms with Gasteiger partial charge in [0.25, 0.3) is 0 Å². The summed E-state index contributed by atoms with van der Waals surface area (Å²) in [5, 5.41) is 3.38. The molecule has 3 nitrogen and oxygen atoms in total. The molecule has 1 saturated carbocycles. The van der Waals surface area contributed by atoms with Crippen LogP contribution < -0.4 is 5.32 Å². The summed E-state index contributed by atoms with van der Waals surface area (Å²) in [6.07, 6.45) is 4.47. The van der Waals surface area contributed by atoms with Gasteiger partial charge in [0, 0.05) is 25.2 Å². The SMILES string of the molecule is CCCN(CC1CC1)C(=O)[C@@H]1Cc2ccccc2N1. The first-order valence-corrected chi connectivity index (χ1v) is 7.41. The Morgan fingerprint density at radius 3 is 2.84 bits per heavy atom. The summed E-state index contributed by atoms with van der Waals surface area (Å²) < 4.78 is 0. The lowest BCUT2D eigenvalue weighted by molar-refractivity contribution is -0.132. The molecule has 1 heterocycles. The third kappa shape index (κ3) is 2.75. The van der Waals surface area contributed by atoms with E-state index in [0.717, 1.165) is 37.5 Å². The summed E-state index contributed by atoms with van der Waals surface area (Å²) in [5.74, 6) is 1.05. The van der Waals surface area contributed by atoms with Gasteiger partial charge in [-0.15, -0.1) is 0 Å². The summed E-state index contributed by atoms with van der Waals surface area (Å²) in [6, 6.07) is 8.19. The minimum absolute atomic E-state index is 0.0531. The van der Waals surface area contributed by atoms with Crippen molar-refractivity contribution in [2.45, 2.75) is 38.6 Å². The molecule has 1 aromatic rings. The standard InChI is InChI=1S/C16H22N2O/c1-2-9-18(11-12-7-8-12)16(19)15-10-13-5-3-4-6-14(13)17-15/h3-6,12,15,17H,2,7-11H2,1H3/t15-/m0/s1. The summed E-state index contributed by atoms with van der Waals surface area (Å²) in [6.45, 7) is 4.00. The summed E-state index contributed by atoms with van der Waals surface area (Å²) in [4.78, 5) is 14.7. The van der Waals surface area contributed by atoms with Crippen LogP contribution in [0.2, 0.25) is 0 Å². The zero-order valence-corrected chi connectivity index (χ0v) is 11.6. The number of para-hydroxylation sites is 1. The Balaban J connectivity index is 1.66. The molecular weight excluding hydrogens is 236 g/mol. The topological polar surface area (TPSA) is 32.3 Å². The van der Waals surface area contributed by atoms with Gasteiger partial charge in [0.2, 0.25) is 5.91 Å². The van der Waals surface area contributed by atoms with E-state index in [1.165, 1.54) is 18.4 Å². The molecule has 102 valence electrons. The summed E-state index contributed by atoms with van der Waals surface area (Å²) in [7, 11) is 0. The van der Waals surface area contributed by atoms with Crippen LogP contribution in [0.1, 0.15) is 31.7 Å². The third-order valence-electron chi connectivity index (χ3n) is 4.05. The zero-order chi connectivity index (χ0) is 13.2. The number of hydrogen-bond acceptors (Lipinski definition) is 2. The molecule has 0 radical (unpaired) electrons. The van der Waals surface area contributed by atoms with Gasteiger partial charge in [0.15, 0.2) is 0 Å². The molecule has 0 aromatic heterocycles. The molecule has 1 aliphatic carbocycles. The fourth-order valence-corrected chi connectivity index (χ4v) is 2.84. The van der Waals surface area contributed by atoms with E-state index in [2.05, 4.69) is 29.3 Å². The van der Waals surface area contributed by atoms with Crippen molar-refractivity contribution in [3.05, 3.63) is 29.8 Å². The van der Waals surface area contributed by atoms with Crippen LogP contribution in [0.25, 0.3) is 0 Å². The average Bonchev–Trinajstić information content (AvgIpc) is 3.13. The van der Waals surface area contributed by atoms with Gasteiger partial charge in [-0.1, -0.05) is 25.1 Å². The minimum Gasteiger partial charge on any atom is -0.373 e. The predicted molar refractivity (Wildman–Crippen MR) is 77.2 cm³/mol. The third-order valence-corrected chi connectivity index (χ3v) is 4.05. The second-order valence-electron chi connectivity index (χ2n) is 5.79. The first-order valence-electron chi connectivity index (χ1n) is 7.41. The fourth-order valence-electron chi connectivity index (χ4n) is 2.84. The first kappa shape index (κ1) is 12.5. The monoisotopic (exact) mass is 258 g/mol. The minimum atomic E-state index is -0.0531. The molecule has 1 aliphatic heterocycles. The molecule has 0 bridgehead atoms. The number of carbonyl (C=O) groups is 1. The number of anilines is 1. The lowest BCUT2D eigenvalue weighted by atomic mass is 10.1. The molecule has 0 unspecified atom stereocenters. The molecule has 1 N–H and O–H groups in total. The number of amides is 1. The first-order chi connectivity index (χ1) is 9.28. The van der Waals surface area contributed by atoms with Crippen molar-refractivity contribution in [3.63, 3.8) is 0 Å². The molecule has 1 fully saturated rings. The number of carbonyl (C=O) groups excluding carboxylic acids is 1. The van der Waals surface area contributed by atoms with Crippen molar-refractivity contribution in [3.8, 4) is 0 Å². The van der Waals surface area contributed by atoms with Crippen LogP contribution in [0.4, 0.5) is 5.69 Å². The maximum Gasteiger partial charge on any atom is 0.245 e. The maximum atomic E-state index is 12.6. The molecule has 1 atom stereocenters. The summed E-state index contributed by atoms with van der Waals surface area (Å²) in [5.41, 5.74) is 2.40. The number of rotatable bonds is 5. The van der Waals surface area contributed by atoms with Crippen molar-refractivity contribution < 1.29 is 4.79 Å². The highest BCUT2D eigenvalue weighted by Gasteiger charge is 2.32. The van der Waals surface area contributed by atoms with Gasteiger partial charge >= 0.3 is 0 Å². The molecule has 1 aromatic carbocycles. The Morgan fingerprint density at radius 1 is 1.37 bits per heavy atom. The van der Waals surface area contributed by atoms with Crippen molar-refractivity contribution >= 4 is 11.6 Å². The Labute approximate surface area is 115 Å². The Morgan fingerprint density at radius 2 is 2.16 bits per heavy atom. The largest absolute Gasteiger partial charge is 0.373 e. The fraction of sp³-hybridized carbons (Fsp3) is 0.562. The quantitative estimate of drug-likeness (QED) is 0.880. The van der Waals surface area contributed by atoms with Crippen LogP contribution in [0, 0.1) is 5.92 Å². The van der Waals surface area contributed by atoms with E-state index >= 15 is 0 Å². The number of nitrogens with zero attached hydrogens (tertiary/aromatic N) is 1. The van der Waals surface area contributed by atoms with Gasteiger partial charge < -0.3 is 10.2 Å². The highest BCUT2D eigenvalue weighted by molar-refractivity contribution is 5.87. The van der Waals surface area contributed by atoms with Gasteiger partial charge in [-0.3, -0.25) is 4.79 Å². The Bertz CT molecular complexity index is 443. The predicted octanol–water partition coefficient (Wildman–Crippen LogP) is 2.67. The van der Waals surface area contributed by atoms with Crippen molar-refractivity contribution in [1.82, 2.24) is 4.90 Å².